The molecule has 2 aromatic rings. The van der Waals surface area contributed by atoms with Crippen LogP contribution in [0.5, 0.6) is 11.8 Å². The average Bonchev–Trinajstić information content (AvgIpc) is 2.55. The molecule has 6 heteroatoms. The van der Waals surface area contributed by atoms with E-state index in [2.05, 4.69) is 22.1 Å². The number of hydrogen-bond donors (Lipinski definition) is 1. The zero-order valence-corrected chi connectivity index (χ0v) is 12.3. The van der Waals surface area contributed by atoms with Gasteiger partial charge >= 0.3 is 0 Å². The second-order valence-corrected chi connectivity index (χ2v) is 4.45. The molecule has 2 rings (SSSR count). The van der Waals surface area contributed by atoms with Gasteiger partial charge in [0.05, 0.1) is 20.3 Å². The normalized spacial score (nSPS) is 10.2. The standard InChI is InChI=1S/C15H20N4O2/c1-20-13-10-14(21-2)18-15(17-13)19(9-8-16)11-12-6-4-3-5-7-12/h3-7,10H,8-9,11,16H2,1-2H3. The number of hydrogen-bond acceptors (Lipinski definition) is 6. The highest BCUT2D eigenvalue weighted by Crippen LogP contribution is 2.21. The van der Waals surface area contributed by atoms with E-state index in [1.807, 2.05) is 23.1 Å². The molecule has 2 N–H and O–H groups in total. The number of benzene rings is 1. The third-order valence-corrected chi connectivity index (χ3v) is 2.98. The summed E-state index contributed by atoms with van der Waals surface area (Å²) >= 11 is 0. The summed E-state index contributed by atoms with van der Waals surface area (Å²) in [6.45, 7) is 1.83. The van der Waals surface area contributed by atoms with Gasteiger partial charge in [0.1, 0.15) is 0 Å². The van der Waals surface area contributed by atoms with Crippen molar-refractivity contribution in [2.24, 2.45) is 5.73 Å². The van der Waals surface area contributed by atoms with Gasteiger partial charge in [-0.1, -0.05) is 30.3 Å². The Morgan fingerprint density at radius 2 is 1.67 bits per heavy atom. The molecule has 0 aliphatic rings. The summed E-state index contributed by atoms with van der Waals surface area (Å²) in [5.41, 5.74) is 6.87. The van der Waals surface area contributed by atoms with Gasteiger partial charge in [0, 0.05) is 19.6 Å². The van der Waals surface area contributed by atoms with Crippen molar-refractivity contribution in [1.29, 1.82) is 0 Å². The third kappa shape index (κ3) is 4.06. The summed E-state index contributed by atoms with van der Waals surface area (Å²) in [6, 6.07) is 11.8. The number of rotatable bonds is 7. The van der Waals surface area contributed by atoms with E-state index in [0.717, 1.165) is 5.56 Å². The van der Waals surface area contributed by atoms with Crippen LogP contribution >= 0.6 is 0 Å². The maximum Gasteiger partial charge on any atom is 0.232 e. The molecule has 112 valence electrons. The lowest BCUT2D eigenvalue weighted by Gasteiger charge is -2.22. The highest BCUT2D eigenvalue weighted by molar-refractivity contribution is 5.38. The first kappa shape index (κ1) is 15.1. The van der Waals surface area contributed by atoms with Crippen molar-refractivity contribution in [2.75, 3.05) is 32.2 Å². The maximum atomic E-state index is 5.70. The van der Waals surface area contributed by atoms with Crippen molar-refractivity contribution in [3.63, 3.8) is 0 Å². The highest BCUT2D eigenvalue weighted by atomic mass is 16.5. The van der Waals surface area contributed by atoms with Crippen molar-refractivity contribution in [3.8, 4) is 11.8 Å². The molecule has 0 amide bonds. The van der Waals surface area contributed by atoms with E-state index in [1.165, 1.54) is 0 Å². The van der Waals surface area contributed by atoms with Gasteiger partial charge in [-0.3, -0.25) is 0 Å². The molecule has 0 bridgehead atoms. The van der Waals surface area contributed by atoms with Gasteiger partial charge in [-0.25, -0.2) is 0 Å². The Balaban J connectivity index is 2.28. The second-order valence-electron chi connectivity index (χ2n) is 4.45. The topological polar surface area (TPSA) is 73.5 Å². The van der Waals surface area contributed by atoms with E-state index in [1.54, 1.807) is 20.3 Å². The molecule has 0 atom stereocenters. The summed E-state index contributed by atoms with van der Waals surface area (Å²) in [7, 11) is 3.13. The molecule has 0 aliphatic carbocycles. The van der Waals surface area contributed by atoms with E-state index in [9.17, 15) is 0 Å². The van der Waals surface area contributed by atoms with Crippen LogP contribution in [0, 0.1) is 0 Å². The molecule has 0 unspecified atom stereocenters. The van der Waals surface area contributed by atoms with Crippen LogP contribution in [0.1, 0.15) is 5.56 Å². The molecule has 0 saturated carbocycles. The summed E-state index contributed by atoms with van der Waals surface area (Å²) in [5.74, 6) is 1.47. The van der Waals surface area contributed by atoms with Crippen molar-refractivity contribution in [2.45, 2.75) is 6.54 Å². The lowest BCUT2D eigenvalue weighted by Crippen LogP contribution is -2.30. The lowest BCUT2D eigenvalue weighted by molar-refractivity contribution is 0.371. The zero-order chi connectivity index (χ0) is 15.1. The minimum Gasteiger partial charge on any atom is -0.481 e. The summed E-state index contributed by atoms with van der Waals surface area (Å²) < 4.78 is 10.4. The Morgan fingerprint density at radius 1 is 1.05 bits per heavy atom. The number of nitrogens with zero attached hydrogens (tertiary/aromatic N) is 3. The fraction of sp³-hybridized carbons (Fsp3) is 0.333. The monoisotopic (exact) mass is 288 g/mol. The van der Waals surface area contributed by atoms with Crippen molar-refractivity contribution < 1.29 is 9.47 Å². The van der Waals surface area contributed by atoms with E-state index in [4.69, 9.17) is 15.2 Å². The number of aromatic nitrogens is 2. The molecular weight excluding hydrogens is 268 g/mol. The third-order valence-electron chi connectivity index (χ3n) is 2.98. The van der Waals surface area contributed by atoms with Crippen LogP contribution in [-0.4, -0.2) is 37.3 Å². The van der Waals surface area contributed by atoms with Crippen LogP contribution in [0.25, 0.3) is 0 Å². The summed E-state index contributed by atoms with van der Waals surface area (Å²) in [4.78, 5) is 10.7. The number of anilines is 1. The molecule has 0 saturated heterocycles. The van der Waals surface area contributed by atoms with E-state index in [0.29, 0.717) is 37.3 Å². The average molecular weight is 288 g/mol. The Morgan fingerprint density at radius 3 is 2.19 bits per heavy atom. The predicted molar refractivity (Wildman–Crippen MR) is 81.7 cm³/mol. The van der Waals surface area contributed by atoms with Crippen LogP contribution in [-0.2, 0) is 6.54 Å². The lowest BCUT2D eigenvalue weighted by atomic mass is 10.2. The molecule has 6 nitrogen and oxygen atoms in total. The van der Waals surface area contributed by atoms with Crippen LogP contribution in [0.4, 0.5) is 5.95 Å². The number of nitrogens with two attached hydrogens (primary N) is 1. The molecule has 21 heavy (non-hydrogen) atoms. The molecule has 1 aromatic carbocycles. The Labute approximate surface area is 124 Å². The van der Waals surface area contributed by atoms with E-state index in [-0.39, 0.29) is 0 Å². The number of ether oxygens (including phenoxy) is 2. The minimum atomic E-state index is 0.465. The molecule has 1 heterocycles. The fourth-order valence-corrected chi connectivity index (χ4v) is 1.95. The van der Waals surface area contributed by atoms with Crippen LogP contribution in [0.15, 0.2) is 36.4 Å². The van der Waals surface area contributed by atoms with Gasteiger partial charge in [-0.05, 0) is 5.56 Å². The fourth-order valence-electron chi connectivity index (χ4n) is 1.95. The predicted octanol–water partition coefficient (Wildman–Crippen LogP) is 1.46. The highest BCUT2D eigenvalue weighted by Gasteiger charge is 2.13. The second kappa shape index (κ2) is 7.44. The van der Waals surface area contributed by atoms with Gasteiger partial charge in [-0.15, -0.1) is 0 Å². The van der Waals surface area contributed by atoms with Crippen molar-refractivity contribution in [1.82, 2.24) is 9.97 Å². The van der Waals surface area contributed by atoms with Gasteiger partial charge < -0.3 is 20.1 Å². The van der Waals surface area contributed by atoms with Crippen LogP contribution in [0.2, 0.25) is 0 Å². The maximum absolute atomic E-state index is 5.70. The van der Waals surface area contributed by atoms with Crippen molar-refractivity contribution in [3.05, 3.63) is 42.0 Å². The van der Waals surface area contributed by atoms with E-state index >= 15 is 0 Å². The molecule has 0 spiro atoms. The first-order valence-electron chi connectivity index (χ1n) is 6.73. The van der Waals surface area contributed by atoms with Crippen LogP contribution in [0.3, 0.4) is 0 Å². The Kier molecular flexibility index (Phi) is 5.34. The molecular formula is C15H20N4O2. The Hall–Kier alpha value is -2.34. The molecule has 0 aliphatic heterocycles. The summed E-state index contributed by atoms with van der Waals surface area (Å²) in [6.07, 6.45) is 0. The smallest absolute Gasteiger partial charge is 0.232 e. The van der Waals surface area contributed by atoms with Crippen LogP contribution < -0.4 is 20.1 Å². The van der Waals surface area contributed by atoms with Gasteiger partial charge in [0.25, 0.3) is 0 Å². The molecule has 0 fully saturated rings. The minimum absolute atomic E-state index is 0.465. The zero-order valence-electron chi connectivity index (χ0n) is 12.3. The SMILES string of the molecule is COc1cc(OC)nc(N(CCN)Cc2ccccc2)n1. The molecule has 0 radical (unpaired) electrons. The largest absolute Gasteiger partial charge is 0.481 e. The number of methoxy groups -OCH3 is 2. The van der Waals surface area contributed by atoms with Gasteiger partial charge in [-0.2, -0.15) is 9.97 Å². The first-order valence-corrected chi connectivity index (χ1v) is 6.73. The first-order chi connectivity index (χ1) is 10.3. The quantitative estimate of drug-likeness (QED) is 0.831. The van der Waals surface area contributed by atoms with Crippen molar-refractivity contribution >= 4 is 5.95 Å². The van der Waals surface area contributed by atoms with Gasteiger partial charge in [0.2, 0.25) is 17.7 Å². The van der Waals surface area contributed by atoms with E-state index < -0.39 is 0 Å². The molecule has 1 aromatic heterocycles. The Bertz CT molecular complexity index is 541. The van der Waals surface area contributed by atoms with Gasteiger partial charge in [0.15, 0.2) is 0 Å². The summed E-state index contributed by atoms with van der Waals surface area (Å²) in [5, 5.41) is 0.